The minimum absolute atomic E-state index is 0.0594. The average molecular weight is 378 g/mol. The van der Waals surface area contributed by atoms with Gasteiger partial charge in [0.15, 0.2) is 0 Å². The minimum Gasteiger partial charge on any atom is -0.470 e. The van der Waals surface area contributed by atoms with Crippen molar-refractivity contribution in [2.45, 2.75) is 18.9 Å². The molecule has 0 N–H and O–H groups in total. The second-order valence-corrected chi connectivity index (χ2v) is 5.77. The molecule has 0 unspecified atom stereocenters. The number of carbonyl (C=O) groups excluding carboxylic acids is 1. The highest BCUT2D eigenvalue weighted by atomic mass is 79.9. The maximum Gasteiger partial charge on any atom is 0.228 e. The highest BCUT2D eigenvalue weighted by Gasteiger charge is 2.32. The van der Waals surface area contributed by atoms with E-state index in [4.69, 9.17) is 4.74 Å². The van der Waals surface area contributed by atoms with Crippen molar-refractivity contribution in [2.75, 3.05) is 18.4 Å². The summed E-state index contributed by atoms with van der Waals surface area (Å²) in [6, 6.07) is 3.73. The van der Waals surface area contributed by atoms with E-state index in [0.29, 0.717) is 25.4 Å². The molecule has 0 atom stereocenters. The van der Waals surface area contributed by atoms with Crippen LogP contribution in [-0.2, 0) is 4.79 Å². The normalized spacial score (nSPS) is 15.3. The first-order valence-corrected chi connectivity index (χ1v) is 7.73. The summed E-state index contributed by atoms with van der Waals surface area (Å²) in [5, 5.41) is 0.868. The zero-order chi connectivity index (χ0) is 13.0. The number of amides is 1. The standard InChI is InChI=1S/C12H14Br2N2O2/c13-5-1-4-11(17)16-7-9(8-16)18-12-10(14)3-2-6-15-12/h2-3,6,9H,1,4-5,7-8H2. The van der Waals surface area contributed by atoms with Crippen LogP contribution in [0, 0.1) is 0 Å². The Morgan fingerprint density at radius 1 is 1.56 bits per heavy atom. The van der Waals surface area contributed by atoms with Crippen LogP contribution in [0.5, 0.6) is 5.88 Å². The number of hydrogen-bond acceptors (Lipinski definition) is 3. The van der Waals surface area contributed by atoms with Crippen LogP contribution in [0.3, 0.4) is 0 Å². The smallest absolute Gasteiger partial charge is 0.228 e. The molecule has 0 aliphatic carbocycles. The number of nitrogens with zero attached hydrogens (tertiary/aromatic N) is 2. The van der Waals surface area contributed by atoms with E-state index >= 15 is 0 Å². The number of halogens is 2. The zero-order valence-electron chi connectivity index (χ0n) is 9.81. The van der Waals surface area contributed by atoms with Gasteiger partial charge in [-0.15, -0.1) is 0 Å². The van der Waals surface area contributed by atoms with E-state index in [1.807, 2.05) is 17.0 Å². The topological polar surface area (TPSA) is 42.4 Å². The Morgan fingerprint density at radius 2 is 2.33 bits per heavy atom. The Balaban J connectivity index is 1.76. The number of aromatic nitrogens is 1. The summed E-state index contributed by atoms with van der Waals surface area (Å²) in [6.07, 6.45) is 3.24. The number of alkyl halides is 1. The van der Waals surface area contributed by atoms with Crippen molar-refractivity contribution in [3.8, 4) is 5.88 Å². The Labute approximate surface area is 123 Å². The van der Waals surface area contributed by atoms with Crippen LogP contribution in [0.25, 0.3) is 0 Å². The molecule has 0 saturated carbocycles. The predicted molar refractivity (Wildman–Crippen MR) is 76.0 cm³/mol. The molecule has 1 amide bonds. The molecule has 6 heteroatoms. The molecule has 0 spiro atoms. The molecule has 1 aromatic heterocycles. The summed E-state index contributed by atoms with van der Waals surface area (Å²) in [5.74, 6) is 0.796. The minimum atomic E-state index is 0.0594. The highest BCUT2D eigenvalue weighted by molar-refractivity contribution is 9.10. The summed E-state index contributed by atoms with van der Waals surface area (Å²) in [7, 11) is 0. The van der Waals surface area contributed by atoms with Gasteiger partial charge in [-0.25, -0.2) is 4.98 Å². The fourth-order valence-electron chi connectivity index (χ4n) is 1.71. The van der Waals surface area contributed by atoms with E-state index in [1.54, 1.807) is 6.20 Å². The van der Waals surface area contributed by atoms with Gasteiger partial charge in [-0.1, -0.05) is 15.9 Å². The third-order valence-electron chi connectivity index (χ3n) is 2.73. The summed E-state index contributed by atoms with van der Waals surface area (Å²) in [5.41, 5.74) is 0. The SMILES string of the molecule is O=C(CCCBr)N1CC(Oc2ncccc2Br)C1. The molecular weight excluding hydrogens is 364 g/mol. The lowest BCUT2D eigenvalue weighted by Gasteiger charge is -2.38. The van der Waals surface area contributed by atoms with Gasteiger partial charge in [-0.2, -0.15) is 0 Å². The third-order valence-corrected chi connectivity index (χ3v) is 3.89. The van der Waals surface area contributed by atoms with Gasteiger partial charge >= 0.3 is 0 Å². The van der Waals surface area contributed by atoms with Crippen LogP contribution in [-0.4, -0.2) is 40.3 Å². The molecular formula is C12H14Br2N2O2. The van der Waals surface area contributed by atoms with E-state index in [-0.39, 0.29) is 12.0 Å². The number of hydrogen-bond donors (Lipinski definition) is 0. The molecule has 0 bridgehead atoms. The van der Waals surface area contributed by atoms with Gasteiger partial charge in [0.1, 0.15) is 6.10 Å². The van der Waals surface area contributed by atoms with Crippen LogP contribution in [0.4, 0.5) is 0 Å². The number of ether oxygens (including phenoxy) is 1. The lowest BCUT2D eigenvalue weighted by molar-refractivity contribution is -0.140. The van der Waals surface area contributed by atoms with E-state index in [1.165, 1.54) is 0 Å². The monoisotopic (exact) mass is 376 g/mol. The van der Waals surface area contributed by atoms with Crippen molar-refractivity contribution >= 4 is 37.8 Å². The molecule has 1 aliphatic rings. The molecule has 2 heterocycles. The average Bonchev–Trinajstić information content (AvgIpc) is 2.32. The molecule has 98 valence electrons. The van der Waals surface area contributed by atoms with Gasteiger partial charge in [0.25, 0.3) is 0 Å². The van der Waals surface area contributed by atoms with E-state index in [9.17, 15) is 4.79 Å². The Bertz CT molecular complexity index is 422. The lowest BCUT2D eigenvalue weighted by Crippen LogP contribution is -2.56. The van der Waals surface area contributed by atoms with Gasteiger partial charge in [-0.05, 0) is 34.5 Å². The second kappa shape index (κ2) is 6.52. The van der Waals surface area contributed by atoms with Gasteiger partial charge in [-0.3, -0.25) is 4.79 Å². The molecule has 4 nitrogen and oxygen atoms in total. The van der Waals surface area contributed by atoms with Crippen molar-refractivity contribution in [3.63, 3.8) is 0 Å². The molecule has 1 fully saturated rings. The molecule has 18 heavy (non-hydrogen) atoms. The molecule has 1 saturated heterocycles. The zero-order valence-corrected chi connectivity index (χ0v) is 13.0. The number of rotatable bonds is 5. The molecule has 1 aliphatic heterocycles. The predicted octanol–water partition coefficient (Wildman–Crippen LogP) is 2.61. The van der Waals surface area contributed by atoms with Gasteiger partial charge in [0, 0.05) is 17.9 Å². The number of carbonyl (C=O) groups is 1. The maximum absolute atomic E-state index is 11.7. The largest absolute Gasteiger partial charge is 0.470 e. The van der Waals surface area contributed by atoms with Crippen LogP contribution in [0.2, 0.25) is 0 Å². The highest BCUT2D eigenvalue weighted by Crippen LogP contribution is 2.24. The third kappa shape index (κ3) is 3.45. The molecule has 0 radical (unpaired) electrons. The number of pyridine rings is 1. The Kier molecular flexibility index (Phi) is 5.00. The lowest BCUT2D eigenvalue weighted by atomic mass is 10.1. The Morgan fingerprint density at radius 3 is 3.00 bits per heavy atom. The van der Waals surface area contributed by atoms with Crippen molar-refractivity contribution in [3.05, 3.63) is 22.8 Å². The van der Waals surface area contributed by atoms with Crippen molar-refractivity contribution < 1.29 is 9.53 Å². The van der Waals surface area contributed by atoms with Crippen molar-refractivity contribution in [2.24, 2.45) is 0 Å². The fourth-order valence-corrected chi connectivity index (χ4v) is 2.34. The summed E-state index contributed by atoms with van der Waals surface area (Å²) in [6.45, 7) is 1.31. The quantitative estimate of drug-likeness (QED) is 0.740. The van der Waals surface area contributed by atoms with Crippen LogP contribution >= 0.6 is 31.9 Å². The van der Waals surface area contributed by atoms with Crippen molar-refractivity contribution in [1.82, 2.24) is 9.88 Å². The van der Waals surface area contributed by atoms with Gasteiger partial charge in [0.2, 0.25) is 11.8 Å². The van der Waals surface area contributed by atoms with Crippen LogP contribution in [0.1, 0.15) is 12.8 Å². The first kappa shape index (κ1) is 13.8. The summed E-state index contributed by atoms with van der Waals surface area (Å²) < 4.78 is 6.55. The van der Waals surface area contributed by atoms with E-state index < -0.39 is 0 Å². The molecule has 0 aromatic carbocycles. The van der Waals surface area contributed by atoms with Gasteiger partial charge < -0.3 is 9.64 Å². The summed E-state index contributed by atoms with van der Waals surface area (Å²) >= 11 is 6.71. The molecule has 2 rings (SSSR count). The van der Waals surface area contributed by atoms with E-state index in [0.717, 1.165) is 16.2 Å². The first-order valence-electron chi connectivity index (χ1n) is 5.81. The van der Waals surface area contributed by atoms with Crippen LogP contribution < -0.4 is 4.74 Å². The summed E-state index contributed by atoms with van der Waals surface area (Å²) in [4.78, 5) is 17.6. The first-order chi connectivity index (χ1) is 8.70. The van der Waals surface area contributed by atoms with Crippen LogP contribution in [0.15, 0.2) is 22.8 Å². The fraction of sp³-hybridized carbons (Fsp3) is 0.500. The van der Waals surface area contributed by atoms with Gasteiger partial charge in [0.05, 0.1) is 17.6 Å². The van der Waals surface area contributed by atoms with E-state index in [2.05, 4.69) is 36.8 Å². The Hall–Kier alpha value is -0.620. The number of likely N-dealkylation sites (tertiary alicyclic amines) is 1. The van der Waals surface area contributed by atoms with Crippen molar-refractivity contribution in [1.29, 1.82) is 0 Å². The second-order valence-electron chi connectivity index (χ2n) is 4.12. The maximum atomic E-state index is 11.7. The molecule has 1 aromatic rings.